The van der Waals surface area contributed by atoms with Gasteiger partial charge in [-0.2, -0.15) is 0 Å². The zero-order valence-electron chi connectivity index (χ0n) is 11.2. The first-order valence-corrected chi connectivity index (χ1v) is 6.00. The molecule has 0 amide bonds. The number of rotatable bonds is 7. The fourth-order valence-corrected chi connectivity index (χ4v) is 0.943. The van der Waals surface area contributed by atoms with Crippen molar-refractivity contribution in [3.8, 4) is 0 Å². The fourth-order valence-electron chi connectivity index (χ4n) is 0.943. The maximum atomic E-state index is 5.70. The molecule has 15 heavy (non-hydrogen) atoms. The quantitative estimate of drug-likeness (QED) is 0.603. The average molecular weight is 213 g/mol. The van der Waals surface area contributed by atoms with Crippen LogP contribution < -0.4 is 0 Å². The van der Waals surface area contributed by atoms with Crippen molar-refractivity contribution in [2.45, 2.75) is 71.9 Å². The van der Waals surface area contributed by atoms with Gasteiger partial charge in [-0.3, -0.25) is 0 Å². The van der Waals surface area contributed by atoms with Gasteiger partial charge >= 0.3 is 0 Å². The Hall–Kier alpha value is -0.0151. The molecule has 0 aliphatic carbocycles. The third kappa shape index (κ3) is 8.95. The molecule has 2 atom stereocenters. The van der Waals surface area contributed by atoms with E-state index in [1.54, 1.807) is 0 Å². The molecule has 2 unspecified atom stereocenters. The SMILES string of the molecule is CCC(C)OCC(CC)O[B]C(C)(C)C. The van der Waals surface area contributed by atoms with Crippen molar-refractivity contribution < 1.29 is 9.39 Å². The Morgan fingerprint density at radius 3 is 2.13 bits per heavy atom. The van der Waals surface area contributed by atoms with Crippen LogP contribution in [-0.4, -0.2) is 26.3 Å². The second-order valence-electron chi connectivity index (χ2n) is 5.20. The van der Waals surface area contributed by atoms with Crippen molar-refractivity contribution in [2.75, 3.05) is 6.61 Å². The first-order chi connectivity index (χ1) is 6.89. The first kappa shape index (κ1) is 15.0. The van der Waals surface area contributed by atoms with Crippen LogP contribution in [0.5, 0.6) is 0 Å². The summed E-state index contributed by atoms with van der Waals surface area (Å²) in [6, 6.07) is 0. The van der Waals surface area contributed by atoms with Crippen LogP contribution >= 0.6 is 0 Å². The summed E-state index contributed by atoms with van der Waals surface area (Å²) >= 11 is 0. The molecule has 0 aromatic carbocycles. The third-order valence-corrected chi connectivity index (χ3v) is 2.21. The summed E-state index contributed by atoms with van der Waals surface area (Å²) in [6.07, 6.45) is 2.57. The van der Waals surface area contributed by atoms with E-state index in [1.165, 1.54) is 0 Å². The molecule has 3 heteroatoms. The predicted molar refractivity (Wildman–Crippen MR) is 66.3 cm³/mol. The van der Waals surface area contributed by atoms with Crippen LogP contribution in [0.2, 0.25) is 5.31 Å². The molecule has 89 valence electrons. The summed E-state index contributed by atoms with van der Waals surface area (Å²) in [6.45, 7) is 13.5. The van der Waals surface area contributed by atoms with Gasteiger partial charge < -0.3 is 9.39 Å². The lowest BCUT2D eigenvalue weighted by molar-refractivity contribution is 0.00555. The molecule has 0 aliphatic rings. The summed E-state index contributed by atoms with van der Waals surface area (Å²) in [5, 5.41) is 0.115. The highest BCUT2D eigenvalue weighted by molar-refractivity contribution is 6.31. The molecular formula is C12H26BO2. The van der Waals surface area contributed by atoms with Crippen LogP contribution in [-0.2, 0) is 9.39 Å². The molecule has 0 heterocycles. The van der Waals surface area contributed by atoms with E-state index >= 15 is 0 Å². The van der Waals surface area contributed by atoms with Crippen molar-refractivity contribution in [3.63, 3.8) is 0 Å². The van der Waals surface area contributed by atoms with Gasteiger partial charge in [-0.15, -0.1) is 0 Å². The zero-order valence-corrected chi connectivity index (χ0v) is 11.2. The van der Waals surface area contributed by atoms with Gasteiger partial charge in [0.05, 0.1) is 18.8 Å². The Bertz CT molecular complexity index is 154. The van der Waals surface area contributed by atoms with E-state index in [2.05, 4.69) is 41.5 Å². The van der Waals surface area contributed by atoms with Crippen LogP contribution in [0.4, 0.5) is 0 Å². The number of hydrogen-bond acceptors (Lipinski definition) is 2. The summed E-state index contributed by atoms with van der Waals surface area (Å²) < 4.78 is 11.4. The summed E-state index contributed by atoms with van der Waals surface area (Å²) in [5.41, 5.74) is 0. The van der Waals surface area contributed by atoms with Crippen LogP contribution in [0.3, 0.4) is 0 Å². The van der Waals surface area contributed by atoms with Crippen LogP contribution in [0.1, 0.15) is 54.4 Å². The van der Waals surface area contributed by atoms with Gasteiger partial charge in [0.25, 0.3) is 7.48 Å². The Morgan fingerprint density at radius 1 is 1.13 bits per heavy atom. The van der Waals surface area contributed by atoms with E-state index in [9.17, 15) is 0 Å². The Balaban J connectivity index is 3.73. The average Bonchev–Trinajstić information content (AvgIpc) is 2.16. The molecule has 0 aromatic heterocycles. The number of ether oxygens (including phenoxy) is 1. The molecule has 0 N–H and O–H groups in total. The van der Waals surface area contributed by atoms with Crippen molar-refractivity contribution in [1.82, 2.24) is 0 Å². The highest BCUT2D eigenvalue weighted by Gasteiger charge is 2.17. The molecule has 0 fully saturated rings. The van der Waals surface area contributed by atoms with Gasteiger partial charge in [0.1, 0.15) is 0 Å². The van der Waals surface area contributed by atoms with E-state index in [1.807, 2.05) is 7.48 Å². The Morgan fingerprint density at radius 2 is 1.73 bits per heavy atom. The molecule has 0 aliphatic heterocycles. The van der Waals surface area contributed by atoms with Gasteiger partial charge in [-0.1, -0.05) is 34.6 Å². The topological polar surface area (TPSA) is 18.5 Å². The van der Waals surface area contributed by atoms with E-state index in [-0.39, 0.29) is 11.4 Å². The Labute approximate surface area is 96.0 Å². The lowest BCUT2D eigenvalue weighted by atomic mass is 9.68. The van der Waals surface area contributed by atoms with Gasteiger partial charge in [-0.25, -0.2) is 0 Å². The monoisotopic (exact) mass is 213 g/mol. The Kier molecular flexibility index (Phi) is 7.28. The number of hydrogen-bond donors (Lipinski definition) is 0. The molecule has 0 aromatic rings. The van der Waals surface area contributed by atoms with Crippen LogP contribution in [0, 0.1) is 0 Å². The molecule has 2 nitrogen and oxygen atoms in total. The maximum absolute atomic E-state index is 5.70. The summed E-state index contributed by atoms with van der Waals surface area (Å²) in [7, 11) is 1.92. The normalized spacial score (nSPS) is 16.1. The molecular weight excluding hydrogens is 187 g/mol. The second-order valence-corrected chi connectivity index (χ2v) is 5.20. The van der Waals surface area contributed by atoms with E-state index < -0.39 is 0 Å². The van der Waals surface area contributed by atoms with Gasteiger partial charge in [0, 0.05) is 0 Å². The molecule has 0 spiro atoms. The smallest absolute Gasteiger partial charge is 0.298 e. The largest absolute Gasteiger partial charge is 0.435 e. The second kappa shape index (κ2) is 7.29. The van der Waals surface area contributed by atoms with E-state index in [4.69, 9.17) is 9.39 Å². The lowest BCUT2D eigenvalue weighted by Crippen LogP contribution is -2.26. The summed E-state index contributed by atoms with van der Waals surface area (Å²) in [5.74, 6) is 0. The van der Waals surface area contributed by atoms with E-state index in [0.717, 1.165) is 12.8 Å². The van der Waals surface area contributed by atoms with Crippen molar-refractivity contribution >= 4 is 7.48 Å². The van der Waals surface area contributed by atoms with Crippen LogP contribution in [0.25, 0.3) is 0 Å². The first-order valence-electron chi connectivity index (χ1n) is 6.00. The molecule has 1 radical (unpaired) electrons. The minimum absolute atomic E-state index is 0.115. The molecule has 0 saturated heterocycles. The summed E-state index contributed by atoms with van der Waals surface area (Å²) in [4.78, 5) is 0. The van der Waals surface area contributed by atoms with Gasteiger partial charge in [0.15, 0.2) is 0 Å². The van der Waals surface area contributed by atoms with Gasteiger partial charge in [0.2, 0.25) is 0 Å². The van der Waals surface area contributed by atoms with Gasteiger partial charge in [-0.05, 0) is 25.1 Å². The highest BCUT2D eigenvalue weighted by Crippen LogP contribution is 2.21. The lowest BCUT2D eigenvalue weighted by Gasteiger charge is -2.23. The maximum Gasteiger partial charge on any atom is 0.298 e. The highest BCUT2D eigenvalue weighted by atomic mass is 16.5. The van der Waals surface area contributed by atoms with Crippen LogP contribution in [0.15, 0.2) is 0 Å². The molecule has 0 saturated carbocycles. The minimum Gasteiger partial charge on any atom is -0.435 e. The minimum atomic E-state index is 0.115. The molecule has 0 rings (SSSR count). The third-order valence-electron chi connectivity index (χ3n) is 2.21. The predicted octanol–water partition coefficient (Wildman–Crippen LogP) is 3.43. The standard InChI is InChI=1S/C12H26BO2/c1-7-10(3)14-9-11(8-2)15-13-12(4,5)6/h10-11H,7-9H2,1-6H3. The fraction of sp³-hybridized carbons (Fsp3) is 1.00. The zero-order chi connectivity index (χ0) is 11.9. The van der Waals surface area contributed by atoms with Crippen molar-refractivity contribution in [1.29, 1.82) is 0 Å². The van der Waals surface area contributed by atoms with E-state index in [0.29, 0.717) is 12.7 Å². The van der Waals surface area contributed by atoms with Crippen molar-refractivity contribution in [3.05, 3.63) is 0 Å². The van der Waals surface area contributed by atoms with Crippen molar-refractivity contribution in [2.24, 2.45) is 0 Å². The molecule has 0 bridgehead atoms.